The monoisotopic (exact) mass is 183 g/mol. The SMILES string of the molecule is NCCCCCCOc1ncc[nH]1. The molecule has 0 bridgehead atoms. The molecule has 4 heteroatoms. The Morgan fingerprint density at radius 1 is 1.31 bits per heavy atom. The van der Waals surface area contributed by atoms with Crippen LogP contribution in [0.4, 0.5) is 0 Å². The number of nitrogens with two attached hydrogens (primary N) is 1. The zero-order valence-electron chi connectivity index (χ0n) is 7.83. The first-order chi connectivity index (χ1) is 6.43. The van der Waals surface area contributed by atoms with Gasteiger partial charge in [0.25, 0.3) is 6.01 Å². The van der Waals surface area contributed by atoms with E-state index in [0.29, 0.717) is 6.01 Å². The number of aromatic amines is 1. The third-order valence-electron chi connectivity index (χ3n) is 1.81. The predicted molar refractivity (Wildman–Crippen MR) is 51.6 cm³/mol. The summed E-state index contributed by atoms with van der Waals surface area (Å²) in [7, 11) is 0. The van der Waals surface area contributed by atoms with E-state index < -0.39 is 0 Å². The van der Waals surface area contributed by atoms with E-state index in [2.05, 4.69) is 9.97 Å². The topological polar surface area (TPSA) is 63.9 Å². The van der Waals surface area contributed by atoms with Crippen LogP contribution < -0.4 is 10.5 Å². The Balaban J connectivity index is 1.90. The van der Waals surface area contributed by atoms with Gasteiger partial charge in [-0.2, -0.15) is 0 Å². The van der Waals surface area contributed by atoms with Crippen LogP contribution in [0, 0.1) is 0 Å². The van der Waals surface area contributed by atoms with Crippen LogP contribution in [-0.2, 0) is 0 Å². The van der Waals surface area contributed by atoms with Crippen LogP contribution in [0.3, 0.4) is 0 Å². The van der Waals surface area contributed by atoms with Crippen molar-refractivity contribution in [1.82, 2.24) is 9.97 Å². The molecule has 4 nitrogen and oxygen atoms in total. The fourth-order valence-electron chi connectivity index (χ4n) is 1.10. The van der Waals surface area contributed by atoms with Crippen molar-refractivity contribution in [3.8, 4) is 6.01 Å². The molecular weight excluding hydrogens is 166 g/mol. The molecule has 1 rings (SSSR count). The quantitative estimate of drug-likeness (QED) is 0.626. The summed E-state index contributed by atoms with van der Waals surface area (Å²) in [5.74, 6) is 0. The van der Waals surface area contributed by atoms with Gasteiger partial charge in [-0.1, -0.05) is 12.8 Å². The molecule has 0 atom stereocenters. The molecule has 0 saturated carbocycles. The van der Waals surface area contributed by atoms with Crippen molar-refractivity contribution < 1.29 is 4.74 Å². The van der Waals surface area contributed by atoms with Gasteiger partial charge in [0.2, 0.25) is 0 Å². The van der Waals surface area contributed by atoms with Crippen molar-refractivity contribution in [3.05, 3.63) is 12.4 Å². The highest BCUT2D eigenvalue weighted by molar-refractivity contribution is 4.91. The normalized spacial score (nSPS) is 10.2. The lowest BCUT2D eigenvalue weighted by Crippen LogP contribution is -2.00. The van der Waals surface area contributed by atoms with Gasteiger partial charge in [0, 0.05) is 12.4 Å². The minimum atomic E-state index is 0.610. The van der Waals surface area contributed by atoms with Gasteiger partial charge in [0.1, 0.15) is 0 Å². The third kappa shape index (κ3) is 4.52. The summed E-state index contributed by atoms with van der Waals surface area (Å²) < 4.78 is 5.33. The Morgan fingerprint density at radius 3 is 2.85 bits per heavy atom. The standard InChI is InChI=1S/C9H17N3O/c10-5-3-1-2-4-8-13-9-11-6-7-12-9/h6-7H,1-5,8,10H2,(H,11,12). The van der Waals surface area contributed by atoms with Gasteiger partial charge in [-0.3, -0.25) is 0 Å². The van der Waals surface area contributed by atoms with Gasteiger partial charge < -0.3 is 15.5 Å². The van der Waals surface area contributed by atoms with Crippen molar-refractivity contribution in [3.63, 3.8) is 0 Å². The minimum absolute atomic E-state index is 0.610. The van der Waals surface area contributed by atoms with Gasteiger partial charge >= 0.3 is 0 Å². The maximum Gasteiger partial charge on any atom is 0.293 e. The van der Waals surface area contributed by atoms with Crippen LogP contribution in [0.25, 0.3) is 0 Å². The van der Waals surface area contributed by atoms with E-state index in [0.717, 1.165) is 26.0 Å². The van der Waals surface area contributed by atoms with Crippen molar-refractivity contribution in [2.75, 3.05) is 13.2 Å². The lowest BCUT2D eigenvalue weighted by molar-refractivity contribution is 0.284. The highest BCUT2D eigenvalue weighted by Gasteiger charge is 1.93. The zero-order chi connectivity index (χ0) is 9.36. The largest absolute Gasteiger partial charge is 0.465 e. The van der Waals surface area contributed by atoms with E-state index in [4.69, 9.17) is 10.5 Å². The van der Waals surface area contributed by atoms with Crippen LogP contribution in [-0.4, -0.2) is 23.1 Å². The number of hydrogen-bond donors (Lipinski definition) is 2. The molecule has 13 heavy (non-hydrogen) atoms. The van der Waals surface area contributed by atoms with Gasteiger partial charge in [-0.05, 0) is 19.4 Å². The number of hydrogen-bond acceptors (Lipinski definition) is 3. The highest BCUT2D eigenvalue weighted by atomic mass is 16.5. The summed E-state index contributed by atoms with van der Waals surface area (Å²) in [6.07, 6.45) is 7.99. The second-order valence-corrected chi connectivity index (χ2v) is 2.95. The van der Waals surface area contributed by atoms with Crippen LogP contribution in [0.1, 0.15) is 25.7 Å². The van der Waals surface area contributed by atoms with Crippen LogP contribution >= 0.6 is 0 Å². The average molecular weight is 183 g/mol. The Kier molecular flexibility index (Phi) is 5.01. The van der Waals surface area contributed by atoms with Gasteiger partial charge in [-0.25, -0.2) is 4.98 Å². The number of nitrogens with one attached hydrogen (secondary N) is 1. The zero-order valence-corrected chi connectivity index (χ0v) is 7.83. The number of ether oxygens (including phenoxy) is 1. The summed E-state index contributed by atoms with van der Waals surface area (Å²) in [5, 5.41) is 0. The Morgan fingerprint density at radius 2 is 2.15 bits per heavy atom. The molecule has 0 aliphatic carbocycles. The number of unbranched alkanes of at least 4 members (excludes halogenated alkanes) is 3. The van der Waals surface area contributed by atoms with E-state index in [-0.39, 0.29) is 0 Å². The maximum atomic E-state index is 5.37. The molecule has 1 aromatic rings. The first-order valence-corrected chi connectivity index (χ1v) is 4.75. The Bertz CT molecular complexity index is 199. The fraction of sp³-hybridized carbons (Fsp3) is 0.667. The predicted octanol–water partition coefficient (Wildman–Crippen LogP) is 1.31. The van der Waals surface area contributed by atoms with Crippen molar-refractivity contribution in [2.45, 2.75) is 25.7 Å². The Hall–Kier alpha value is -1.03. The number of nitrogens with zero attached hydrogens (tertiary/aromatic N) is 1. The summed E-state index contributed by atoms with van der Waals surface area (Å²) in [6, 6.07) is 0.610. The van der Waals surface area contributed by atoms with Crippen molar-refractivity contribution in [1.29, 1.82) is 0 Å². The number of imidazole rings is 1. The summed E-state index contributed by atoms with van der Waals surface area (Å²) >= 11 is 0. The molecule has 0 amide bonds. The molecule has 74 valence electrons. The molecule has 0 unspecified atom stereocenters. The maximum absolute atomic E-state index is 5.37. The van der Waals surface area contributed by atoms with Gasteiger partial charge in [-0.15, -0.1) is 0 Å². The lowest BCUT2D eigenvalue weighted by Gasteiger charge is -2.01. The smallest absolute Gasteiger partial charge is 0.293 e. The molecule has 0 radical (unpaired) electrons. The van der Waals surface area contributed by atoms with E-state index in [9.17, 15) is 0 Å². The molecule has 1 aromatic heterocycles. The first kappa shape index (κ1) is 10.1. The van der Waals surface area contributed by atoms with Crippen LogP contribution in [0.5, 0.6) is 6.01 Å². The van der Waals surface area contributed by atoms with Crippen LogP contribution in [0.15, 0.2) is 12.4 Å². The highest BCUT2D eigenvalue weighted by Crippen LogP contribution is 2.02. The fourth-order valence-corrected chi connectivity index (χ4v) is 1.10. The Labute approximate surface area is 78.5 Å². The number of H-pyrrole nitrogens is 1. The number of rotatable bonds is 7. The van der Waals surface area contributed by atoms with Crippen molar-refractivity contribution >= 4 is 0 Å². The molecule has 0 fully saturated rings. The molecule has 1 heterocycles. The first-order valence-electron chi connectivity index (χ1n) is 4.75. The van der Waals surface area contributed by atoms with E-state index in [1.165, 1.54) is 12.8 Å². The molecule has 0 saturated heterocycles. The molecule has 3 N–H and O–H groups in total. The van der Waals surface area contributed by atoms with Crippen molar-refractivity contribution in [2.24, 2.45) is 5.73 Å². The molecule has 0 aliphatic rings. The summed E-state index contributed by atoms with van der Waals surface area (Å²) in [5.41, 5.74) is 5.37. The average Bonchev–Trinajstić information content (AvgIpc) is 2.63. The van der Waals surface area contributed by atoms with E-state index in [1.54, 1.807) is 12.4 Å². The summed E-state index contributed by atoms with van der Waals surface area (Å²) in [4.78, 5) is 6.84. The molecular formula is C9H17N3O. The van der Waals surface area contributed by atoms with E-state index in [1.807, 2.05) is 0 Å². The summed E-state index contributed by atoms with van der Waals surface area (Å²) in [6.45, 7) is 1.52. The minimum Gasteiger partial charge on any atom is -0.465 e. The molecule has 0 spiro atoms. The lowest BCUT2D eigenvalue weighted by atomic mass is 10.2. The van der Waals surface area contributed by atoms with Gasteiger partial charge in [0.15, 0.2) is 0 Å². The third-order valence-corrected chi connectivity index (χ3v) is 1.81. The second-order valence-electron chi connectivity index (χ2n) is 2.95. The second kappa shape index (κ2) is 6.48. The van der Waals surface area contributed by atoms with Crippen LogP contribution in [0.2, 0.25) is 0 Å². The van der Waals surface area contributed by atoms with Gasteiger partial charge in [0.05, 0.1) is 6.61 Å². The molecule has 0 aromatic carbocycles. The van der Waals surface area contributed by atoms with E-state index >= 15 is 0 Å². The number of aromatic nitrogens is 2. The molecule has 0 aliphatic heterocycles.